The Labute approximate surface area is 230 Å². The first-order valence-electron chi connectivity index (χ1n) is 13.0. The topological polar surface area (TPSA) is 80.2 Å². The fourth-order valence-corrected chi connectivity index (χ4v) is 4.10. The van der Waals surface area contributed by atoms with Crippen LogP contribution in [0.15, 0.2) is 59.7 Å². The van der Waals surface area contributed by atoms with Crippen molar-refractivity contribution in [1.82, 2.24) is 5.43 Å². The van der Waals surface area contributed by atoms with Crippen LogP contribution in [0.1, 0.15) is 75.8 Å². The van der Waals surface area contributed by atoms with E-state index in [4.69, 9.17) is 9.47 Å². The number of amides is 1. The van der Waals surface area contributed by atoms with Crippen LogP contribution in [0.2, 0.25) is 0 Å². The number of hydrogen-bond acceptors (Lipinski definition) is 5. The molecule has 0 aliphatic heterocycles. The minimum Gasteiger partial charge on any atom is -0.507 e. The zero-order chi connectivity index (χ0) is 28.8. The lowest BCUT2D eigenvalue weighted by Crippen LogP contribution is -2.20. The highest BCUT2D eigenvalue weighted by Crippen LogP contribution is 2.40. The summed E-state index contributed by atoms with van der Waals surface area (Å²) in [6.07, 6.45) is 2.33. The van der Waals surface area contributed by atoms with E-state index in [2.05, 4.69) is 52.1 Å². The molecule has 0 aliphatic carbocycles. The third-order valence-electron chi connectivity index (χ3n) is 6.32. The average Bonchev–Trinajstić information content (AvgIpc) is 2.86. The number of phenols is 1. The maximum absolute atomic E-state index is 13.1. The molecule has 0 unspecified atom stereocenters. The molecule has 0 aromatic heterocycles. The Kier molecular flexibility index (Phi) is 9.38. The minimum atomic E-state index is -0.295. The van der Waals surface area contributed by atoms with Crippen molar-refractivity contribution in [2.75, 3.05) is 7.11 Å². The van der Waals surface area contributed by atoms with Crippen molar-refractivity contribution < 1.29 is 23.8 Å². The van der Waals surface area contributed by atoms with Crippen LogP contribution < -0.4 is 14.9 Å². The Balaban J connectivity index is 1.61. The number of aryl methyl sites for hydroxylation is 1. The second kappa shape index (κ2) is 12.3. The van der Waals surface area contributed by atoms with Gasteiger partial charge in [-0.1, -0.05) is 65.8 Å². The van der Waals surface area contributed by atoms with E-state index in [1.54, 1.807) is 43.7 Å². The third kappa shape index (κ3) is 8.31. The minimum absolute atomic E-state index is 0.208. The first-order valence-corrected chi connectivity index (χ1v) is 13.0. The van der Waals surface area contributed by atoms with Crippen LogP contribution in [0, 0.1) is 5.82 Å². The first-order chi connectivity index (χ1) is 18.3. The number of halogens is 1. The smallest absolute Gasteiger partial charge is 0.240 e. The second-order valence-corrected chi connectivity index (χ2v) is 11.7. The number of hydrazone groups is 1. The summed E-state index contributed by atoms with van der Waals surface area (Å²) < 4.78 is 24.3. The van der Waals surface area contributed by atoms with E-state index in [0.717, 1.165) is 27.8 Å². The molecule has 0 aliphatic rings. The van der Waals surface area contributed by atoms with Gasteiger partial charge in [-0.2, -0.15) is 5.10 Å². The third-order valence-corrected chi connectivity index (χ3v) is 6.32. The Morgan fingerprint density at radius 2 is 1.54 bits per heavy atom. The SMILES string of the molecule is COc1cc(/C=N\NC(=O)CCc2cc(C(C)(C)C)c(O)c(C(C)(C)C)c2)ccc1OCc1ccc(F)cc1. The van der Waals surface area contributed by atoms with Crippen molar-refractivity contribution in [2.45, 2.75) is 71.8 Å². The predicted molar refractivity (Wildman–Crippen MR) is 153 cm³/mol. The molecule has 0 bridgehead atoms. The highest BCUT2D eigenvalue weighted by atomic mass is 19.1. The van der Waals surface area contributed by atoms with Crippen LogP contribution in [0.4, 0.5) is 4.39 Å². The van der Waals surface area contributed by atoms with Gasteiger partial charge in [0.1, 0.15) is 18.2 Å². The molecule has 7 heteroatoms. The molecule has 0 atom stereocenters. The standard InChI is InChI=1S/C32H39FN2O4/c1-31(2,3)25-16-22(17-26(30(25)37)32(4,5)6)11-15-29(36)35-34-19-23-10-14-27(28(18-23)38-7)39-20-21-8-12-24(33)13-9-21/h8-10,12-14,16-19,37H,11,15,20H2,1-7H3,(H,35,36)/b34-19-. The molecule has 0 saturated carbocycles. The maximum atomic E-state index is 13.1. The normalized spacial score (nSPS) is 12.0. The van der Waals surface area contributed by atoms with Crippen molar-refractivity contribution in [3.63, 3.8) is 0 Å². The summed E-state index contributed by atoms with van der Waals surface area (Å²) in [4.78, 5) is 12.5. The molecule has 39 heavy (non-hydrogen) atoms. The number of nitrogens with one attached hydrogen (secondary N) is 1. The van der Waals surface area contributed by atoms with Crippen LogP contribution in [-0.4, -0.2) is 24.3 Å². The van der Waals surface area contributed by atoms with E-state index in [1.807, 2.05) is 12.1 Å². The van der Waals surface area contributed by atoms with Crippen LogP contribution in [0.5, 0.6) is 17.2 Å². The average molecular weight is 535 g/mol. The Morgan fingerprint density at radius 3 is 2.10 bits per heavy atom. The lowest BCUT2D eigenvalue weighted by molar-refractivity contribution is -0.121. The van der Waals surface area contributed by atoms with Crippen molar-refractivity contribution in [3.8, 4) is 17.2 Å². The van der Waals surface area contributed by atoms with Crippen molar-refractivity contribution in [1.29, 1.82) is 0 Å². The summed E-state index contributed by atoms with van der Waals surface area (Å²) >= 11 is 0. The van der Waals surface area contributed by atoms with Crippen LogP contribution in [0.25, 0.3) is 0 Å². The van der Waals surface area contributed by atoms with E-state index >= 15 is 0 Å². The molecule has 0 fully saturated rings. The molecule has 1 amide bonds. The number of nitrogens with zero attached hydrogens (tertiary/aromatic N) is 1. The fourth-order valence-electron chi connectivity index (χ4n) is 4.10. The largest absolute Gasteiger partial charge is 0.507 e. The molecule has 3 aromatic carbocycles. The van der Waals surface area contributed by atoms with Gasteiger partial charge in [-0.25, -0.2) is 9.82 Å². The van der Waals surface area contributed by atoms with E-state index in [0.29, 0.717) is 23.7 Å². The number of carbonyl (C=O) groups excluding carboxylic acids is 1. The molecule has 3 aromatic rings. The molecular weight excluding hydrogens is 495 g/mol. The highest BCUT2D eigenvalue weighted by molar-refractivity contribution is 5.83. The van der Waals surface area contributed by atoms with Crippen molar-refractivity contribution in [3.05, 3.63) is 88.2 Å². The van der Waals surface area contributed by atoms with Gasteiger partial charge < -0.3 is 14.6 Å². The highest BCUT2D eigenvalue weighted by Gasteiger charge is 2.26. The molecule has 0 saturated heterocycles. The number of phenolic OH excluding ortho intramolecular Hbond substituents is 1. The van der Waals surface area contributed by atoms with Gasteiger partial charge in [0.2, 0.25) is 5.91 Å². The lowest BCUT2D eigenvalue weighted by Gasteiger charge is -2.28. The van der Waals surface area contributed by atoms with Crippen LogP contribution >= 0.6 is 0 Å². The zero-order valence-electron chi connectivity index (χ0n) is 23.9. The molecule has 3 rings (SSSR count). The molecule has 0 spiro atoms. The Morgan fingerprint density at radius 1 is 0.923 bits per heavy atom. The number of aromatic hydroxyl groups is 1. The summed E-state index contributed by atoms with van der Waals surface area (Å²) in [7, 11) is 1.54. The fraction of sp³-hybridized carbons (Fsp3) is 0.375. The van der Waals surface area contributed by atoms with E-state index < -0.39 is 0 Å². The van der Waals surface area contributed by atoms with E-state index in [-0.39, 0.29) is 35.6 Å². The molecule has 0 radical (unpaired) electrons. The molecule has 2 N–H and O–H groups in total. The predicted octanol–water partition coefficient (Wildman–Crippen LogP) is 6.80. The quantitative estimate of drug-likeness (QED) is 0.234. The van der Waals surface area contributed by atoms with Gasteiger partial charge in [0.25, 0.3) is 0 Å². The van der Waals surface area contributed by atoms with Gasteiger partial charge in [-0.3, -0.25) is 4.79 Å². The van der Waals surface area contributed by atoms with Crippen molar-refractivity contribution >= 4 is 12.1 Å². The zero-order valence-corrected chi connectivity index (χ0v) is 23.9. The number of carbonyl (C=O) groups is 1. The number of hydrogen-bond donors (Lipinski definition) is 2. The molecule has 6 nitrogen and oxygen atoms in total. The van der Waals surface area contributed by atoms with E-state index in [1.165, 1.54) is 12.1 Å². The van der Waals surface area contributed by atoms with Gasteiger partial charge in [-0.15, -0.1) is 0 Å². The Bertz CT molecular complexity index is 1280. The van der Waals surface area contributed by atoms with Crippen molar-refractivity contribution in [2.24, 2.45) is 5.10 Å². The lowest BCUT2D eigenvalue weighted by atomic mass is 9.78. The number of methoxy groups -OCH3 is 1. The van der Waals surface area contributed by atoms with Gasteiger partial charge in [0.05, 0.1) is 13.3 Å². The van der Waals surface area contributed by atoms with Gasteiger partial charge in [0, 0.05) is 6.42 Å². The van der Waals surface area contributed by atoms with Gasteiger partial charge in [-0.05, 0) is 75.4 Å². The maximum Gasteiger partial charge on any atom is 0.240 e. The van der Waals surface area contributed by atoms with Gasteiger partial charge in [0.15, 0.2) is 11.5 Å². The van der Waals surface area contributed by atoms with Crippen LogP contribution in [-0.2, 0) is 28.7 Å². The number of ether oxygens (including phenoxy) is 2. The summed E-state index contributed by atoms with van der Waals surface area (Å²) in [6, 6.07) is 15.4. The number of rotatable bonds is 9. The Hall–Kier alpha value is -3.87. The number of benzene rings is 3. The summed E-state index contributed by atoms with van der Waals surface area (Å²) in [5.74, 6) is 0.886. The second-order valence-electron chi connectivity index (χ2n) is 11.7. The summed E-state index contributed by atoms with van der Waals surface area (Å²) in [5.41, 5.74) is 6.45. The summed E-state index contributed by atoms with van der Waals surface area (Å²) in [5, 5.41) is 15.0. The summed E-state index contributed by atoms with van der Waals surface area (Å²) in [6.45, 7) is 12.7. The van der Waals surface area contributed by atoms with Crippen LogP contribution in [0.3, 0.4) is 0 Å². The monoisotopic (exact) mass is 534 g/mol. The molecular formula is C32H39FN2O4. The van der Waals surface area contributed by atoms with Gasteiger partial charge >= 0.3 is 0 Å². The van der Waals surface area contributed by atoms with E-state index in [9.17, 15) is 14.3 Å². The first kappa shape index (κ1) is 29.7. The molecule has 0 heterocycles. The molecule has 208 valence electrons.